The first kappa shape index (κ1) is 27.8. The summed E-state index contributed by atoms with van der Waals surface area (Å²) < 4.78 is 60.4. The predicted octanol–water partition coefficient (Wildman–Crippen LogP) is 5.05. The van der Waals surface area contributed by atoms with Gasteiger partial charge in [0.05, 0.1) is 12.7 Å². The lowest BCUT2D eigenvalue weighted by molar-refractivity contribution is -0.137. The molecule has 4 rings (SSSR count). The Bertz CT molecular complexity index is 1500. The fourth-order valence-corrected chi connectivity index (χ4v) is 3.64. The molecule has 0 atom stereocenters. The normalized spacial score (nSPS) is 12.6. The van der Waals surface area contributed by atoms with E-state index in [1.165, 1.54) is 43.5 Å². The van der Waals surface area contributed by atoms with Crippen molar-refractivity contribution in [3.63, 3.8) is 0 Å². The highest BCUT2D eigenvalue weighted by Crippen LogP contribution is 2.33. The Kier molecular flexibility index (Phi) is 8.44. The molecule has 0 radical (unpaired) electrons. The van der Waals surface area contributed by atoms with Gasteiger partial charge < -0.3 is 29.6 Å². The number of ether oxygens (including phenoxy) is 4. The average Bonchev–Trinajstić information content (AvgIpc) is 2.94. The zero-order valence-electron chi connectivity index (χ0n) is 21.0. The number of alkyl halides is 3. The molecule has 0 unspecified atom stereocenters. The summed E-state index contributed by atoms with van der Waals surface area (Å²) in [5, 5.41) is 14.5. The summed E-state index contributed by atoms with van der Waals surface area (Å²) in [6.07, 6.45) is -3.20. The van der Waals surface area contributed by atoms with Crippen LogP contribution in [0.3, 0.4) is 0 Å². The van der Waals surface area contributed by atoms with Crippen LogP contribution in [0.1, 0.15) is 11.1 Å². The minimum atomic E-state index is -4.54. The zero-order valence-corrected chi connectivity index (χ0v) is 21.0. The number of amides is 2. The molecule has 1 heterocycles. The van der Waals surface area contributed by atoms with E-state index in [1.807, 2.05) is 6.07 Å². The Morgan fingerprint density at radius 2 is 1.73 bits per heavy atom. The fraction of sp³-hybridized carbons (Fsp3) is 0.179. The molecule has 0 aromatic heterocycles. The minimum Gasteiger partial charge on any atom is -0.493 e. The van der Waals surface area contributed by atoms with Crippen LogP contribution in [0.25, 0.3) is 6.08 Å². The van der Waals surface area contributed by atoms with E-state index in [-0.39, 0.29) is 22.8 Å². The van der Waals surface area contributed by atoms with Gasteiger partial charge in [0.2, 0.25) is 0 Å². The van der Waals surface area contributed by atoms with Crippen LogP contribution in [0.15, 0.2) is 66.2 Å². The molecular formula is C28H22F3N3O6. The largest absolute Gasteiger partial charge is 0.493 e. The molecular weight excluding hydrogens is 531 g/mol. The summed E-state index contributed by atoms with van der Waals surface area (Å²) in [6.45, 7) is 0.305. The van der Waals surface area contributed by atoms with Crippen LogP contribution in [-0.2, 0) is 15.8 Å². The summed E-state index contributed by atoms with van der Waals surface area (Å²) in [5.74, 6) is 0.0686. The summed E-state index contributed by atoms with van der Waals surface area (Å²) in [6, 6.07) is 15.5. The SMILES string of the molecule is COc1cc(C=C(C#N)C(=O)Nc2ccc3c(c2)OCCO3)ccc1OCC(=O)Nc1cccc(C(F)(F)F)c1. The van der Waals surface area contributed by atoms with Gasteiger partial charge in [-0.25, -0.2) is 0 Å². The maximum absolute atomic E-state index is 12.9. The van der Waals surface area contributed by atoms with Gasteiger partial charge in [-0.15, -0.1) is 0 Å². The number of methoxy groups -OCH3 is 1. The number of carbonyl (C=O) groups is 2. The lowest BCUT2D eigenvalue weighted by Gasteiger charge is -2.18. The molecule has 0 saturated carbocycles. The second kappa shape index (κ2) is 12.1. The average molecular weight is 553 g/mol. The molecule has 0 aliphatic carbocycles. The Balaban J connectivity index is 1.40. The summed E-state index contributed by atoms with van der Waals surface area (Å²) in [7, 11) is 1.36. The smallest absolute Gasteiger partial charge is 0.416 e. The van der Waals surface area contributed by atoms with Gasteiger partial charge in [0.1, 0.15) is 24.9 Å². The van der Waals surface area contributed by atoms with Gasteiger partial charge in [0.25, 0.3) is 11.8 Å². The lowest BCUT2D eigenvalue weighted by atomic mass is 10.1. The number of hydrogen-bond donors (Lipinski definition) is 2. The van der Waals surface area contributed by atoms with Crippen molar-refractivity contribution >= 4 is 29.3 Å². The maximum atomic E-state index is 12.9. The van der Waals surface area contributed by atoms with Gasteiger partial charge in [0.15, 0.2) is 29.6 Å². The fourth-order valence-electron chi connectivity index (χ4n) is 3.64. The molecule has 0 saturated heterocycles. The van der Waals surface area contributed by atoms with Gasteiger partial charge in [-0.3, -0.25) is 9.59 Å². The van der Waals surface area contributed by atoms with Crippen LogP contribution in [0.2, 0.25) is 0 Å². The first-order valence-electron chi connectivity index (χ1n) is 11.8. The van der Waals surface area contributed by atoms with Crippen molar-refractivity contribution in [2.45, 2.75) is 6.18 Å². The monoisotopic (exact) mass is 553 g/mol. The Morgan fingerprint density at radius 3 is 2.45 bits per heavy atom. The van der Waals surface area contributed by atoms with Gasteiger partial charge in [0, 0.05) is 17.4 Å². The van der Waals surface area contributed by atoms with Gasteiger partial charge in [-0.2, -0.15) is 18.4 Å². The van der Waals surface area contributed by atoms with Crippen molar-refractivity contribution < 1.29 is 41.7 Å². The molecule has 206 valence electrons. The molecule has 0 bridgehead atoms. The standard InChI is InChI=1S/C28H22F3N3O6/c1-37-24-12-17(11-18(15-32)27(36)34-21-6-8-23-25(14-21)39-10-9-38-23)5-7-22(24)40-16-26(35)33-20-4-2-3-19(13-20)28(29,30)31/h2-8,11-14H,9-10,16H2,1H3,(H,33,35)(H,34,36). The van der Waals surface area contributed by atoms with Gasteiger partial charge >= 0.3 is 6.18 Å². The quantitative estimate of drug-likeness (QED) is 0.296. The van der Waals surface area contributed by atoms with Crippen LogP contribution in [-0.4, -0.2) is 38.7 Å². The number of rotatable bonds is 8. The Labute approximate surface area is 226 Å². The van der Waals surface area contributed by atoms with Gasteiger partial charge in [-0.05, 0) is 54.1 Å². The van der Waals surface area contributed by atoms with Crippen molar-refractivity contribution in [1.82, 2.24) is 0 Å². The highest BCUT2D eigenvalue weighted by molar-refractivity contribution is 6.09. The second-order valence-electron chi connectivity index (χ2n) is 8.31. The number of nitrogens with zero attached hydrogens (tertiary/aromatic N) is 1. The molecule has 2 amide bonds. The number of halogens is 3. The van der Waals surface area contributed by atoms with Crippen molar-refractivity contribution in [3.05, 3.63) is 77.4 Å². The van der Waals surface area contributed by atoms with Crippen molar-refractivity contribution in [2.75, 3.05) is 37.6 Å². The summed E-state index contributed by atoms with van der Waals surface area (Å²) in [5.41, 5.74) is -0.264. The van der Waals surface area contributed by atoms with E-state index in [4.69, 9.17) is 18.9 Å². The van der Waals surface area contributed by atoms with Crippen LogP contribution in [0, 0.1) is 11.3 Å². The van der Waals surface area contributed by atoms with Crippen LogP contribution in [0.4, 0.5) is 24.5 Å². The number of carbonyl (C=O) groups excluding carboxylic acids is 2. The highest BCUT2D eigenvalue weighted by atomic mass is 19.4. The second-order valence-corrected chi connectivity index (χ2v) is 8.31. The molecule has 9 nitrogen and oxygen atoms in total. The zero-order chi connectivity index (χ0) is 28.7. The number of nitrogens with one attached hydrogen (secondary N) is 2. The third-order valence-corrected chi connectivity index (χ3v) is 5.50. The maximum Gasteiger partial charge on any atom is 0.416 e. The van der Waals surface area contributed by atoms with Crippen molar-refractivity contribution in [3.8, 4) is 29.1 Å². The van der Waals surface area contributed by atoms with Crippen molar-refractivity contribution in [1.29, 1.82) is 5.26 Å². The van der Waals surface area contributed by atoms with E-state index in [9.17, 15) is 28.0 Å². The third-order valence-electron chi connectivity index (χ3n) is 5.50. The number of anilines is 2. The number of hydrogen-bond acceptors (Lipinski definition) is 7. The molecule has 2 N–H and O–H groups in total. The van der Waals surface area contributed by atoms with E-state index in [1.54, 1.807) is 18.2 Å². The molecule has 1 aliphatic heterocycles. The first-order valence-corrected chi connectivity index (χ1v) is 11.8. The lowest BCUT2D eigenvalue weighted by Crippen LogP contribution is -2.20. The first-order chi connectivity index (χ1) is 19.2. The third kappa shape index (κ3) is 7.02. The van der Waals surface area contributed by atoms with Crippen LogP contribution < -0.4 is 29.6 Å². The minimum absolute atomic E-state index is 0.0329. The van der Waals surface area contributed by atoms with E-state index in [2.05, 4.69) is 10.6 Å². The molecule has 1 aliphatic rings. The summed E-state index contributed by atoms with van der Waals surface area (Å²) >= 11 is 0. The number of nitriles is 1. The molecule has 40 heavy (non-hydrogen) atoms. The molecule has 12 heteroatoms. The van der Waals surface area contributed by atoms with E-state index in [0.29, 0.717) is 36.0 Å². The summed E-state index contributed by atoms with van der Waals surface area (Å²) in [4.78, 5) is 24.9. The van der Waals surface area contributed by atoms with E-state index >= 15 is 0 Å². The van der Waals surface area contributed by atoms with E-state index in [0.717, 1.165) is 12.1 Å². The van der Waals surface area contributed by atoms with Crippen LogP contribution >= 0.6 is 0 Å². The molecule has 0 fully saturated rings. The topological polar surface area (TPSA) is 119 Å². The van der Waals surface area contributed by atoms with E-state index < -0.39 is 30.2 Å². The Hall–Kier alpha value is -5.18. The van der Waals surface area contributed by atoms with Crippen molar-refractivity contribution in [2.24, 2.45) is 0 Å². The molecule has 0 spiro atoms. The highest BCUT2D eigenvalue weighted by Gasteiger charge is 2.30. The Morgan fingerprint density at radius 1 is 0.975 bits per heavy atom. The molecule has 3 aromatic rings. The predicted molar refractivity (Wildman–Crippen MR) is 138 cm³/mol. The molecule has 3 aromatic carbocycles. The number of fused-ring (bicyclic) bond motifs is 1. The number of benzene rings is 3. The van der Waals surface area contributed by atoms with Gasteiger partial charge in [-0.1, -0.05) is 12.1 Å². The van der Waals surface area contributed by atoms with Crippen LogP contribution in [0.5, 0.6) is 23.0 Å².